The number of nitrogens with zero attached hydrogens (tertiary/aromatic N) is 4. The van der Waals surface area contributed by atoms with Crippen LogP contribution < -0.4 is 20.9 Å². The van der Waals surface area contributed by atoms with E-state index in [0.29, 0.717) is 24.5 Å². The molecular weight excluding hydrogens is 232 g/mol. The highest BCUT2D eigenvalue weighted by Crippen LogP contribution is 2.14. The van der Waals surface area contributed by atoms with Gasteiger partial charge in [0.1, 0.15) is 0 Å². The van der Waals surface area contributed by atoms with Crippen molar-refractivity contribution in [3.05, 3.63) is 0 Å². The number of aromatic nitrogens is 3. The van der Waals surface area contributed by atoms with E-state index in [1.54, 1.807) is 0 Å². The van der Waals surface area contributed by atoms with Gasteiger partial charge in [-0.15, -0.1) is 0 Å². The van der Waals surface area contributed by atoms with Crippen LogP contribution in [0.2, 0.25) is 0 Å². The molecule has 1 rings (SSSR count). The van der Waals surface area contributed by atoms with Gasteiger partial charge in [0.2, 0.25) is 11.9 Å². The van der Waals surface area contributed by atoms with Crippen LogP contribution in [-0.2, 0) is 0 Å². The van der Waals surface area contributed by atoms with Crippen molar-refractivity contribution in [2.24, 2.45) is 5.84 Å². The zero-order valence-electron chi connectivity index (χ0n) is 11.3. The third-order valence-electron chi connectivity index (χ3n) is 2.36. The first kappa shape index (κ1) is 14.4. The first-order valence-electron chi connectivity index (χ1n) is 6.27. The smallest absolute Gasteiger partial charge is 0.323 e. The predicted octanol–water partition coefficient (Wildman–Crippen LogP) is 1.18. The van der Waals surface area contributed by atoms with Gasteiger partial charge in [-0.05, 0) is 12.8 Å². The van der Waals surface area contributed by atoms with Crippen molar-refractivity contribution in [2.45, 2.75) is 33.1 Å². The van der Waals surface area contributed by atoms with Gasteiger partial charge in [0.05, 0.1) is 6.61 Å². The zero-order valence-corrected chi connectivity index (χ0v) is 11.3. The standard InChI is InChI=1S/C11H22N6O/c1-4-6-7-17(3)10-13-9(16-12)14-11(15-10)18-8-5-2/h4-8,12H2,1-3H3,(H,13,14,15,16). The number of hydrogen-bond donors (Lipinski definition) is 2. The van der Waals surface area contributed by atoms with Crippen LogP contribution in [0.5, 0.6) is 6.01 Å². The molecule has 102 valence electrons. The molecule has 0 saturated heterocycles. The second kappa shape index (κ2) is 7.65. The van der Waals surface area contributed by atoms with E-state index in [1.807, 2.05) is 18.9 Å². The minimum atomic E-state index is 0.304. The van der Waals surface area contributed by atoms with Crippen molar-refractivity contribution in [1.82, 2.24) is 15.0 Å². The van der Waals surface area contributed by atoms with Crippen LogP contribution in [0.1, 0.15) is 33.1 Å². The predicted molar refractivity (Wildman–Crippen MR) is 71.6 cm³/mol. The van der Waals surface area contributed by atoms with Crippen LogP contribution in [0.25, 0.3) is 0 Å². The van der Waals surface area contributed by atoms with Gasteiger partial charge in [0.15, 0.2) is 0 Å². The molecule has 0 aliphatic heterocycles. The maximum atomic E-state index is 5.41. The second-order valence-corrected chi connectivity index (χ2v) is 4.01. The molecular formula is C11H22N6O. The van der Waals surface area contributed by atoms with E-state index in [1.165, 1.54) is 0 Å². The summed E-state index contributed by atoms with van der Waals surface area (Å²) in [6, 6.07) is 0.304. The van der Waals surface area contributed by atoms with Gasteiger partial charge >= 0.3 is 6.01 Å². The Morgan fingerprint density at radius 2 is 2.00 bits per heavy atom. The topological polar surface area (TPSA) is 89.2 Å². The number of nitrogens with one attached hydrogen (secondary N) is 1. The molecule has 0 aliphatic rings. The lowest BCUT2D eigenvalue weighted by Gasteiger charge is -2.17. The summed E-state index contributed by atoms with van der Waals surface area (Å²) in [5, 5.41) is 0. The fourth-order valence-corrected chi connectivity index (χ4v) is 1.33. The van der Waals surface area contributed by atoms with Crippen LogP contribution in [0.3, 0.4) is 0 Å². The molecule has 7 nitrogen and oxygen atoms in total. The summed E-state index contributed by atoms with van der Waals surface area (Å²) in [6.45, 7) is 5.63. The van der Waals surface area contributed by atoms with E-state index in [9.17, 15) is 0 Å². The molecule has 0 aromatic carbocycles. The monoisotopic (exact) mass is 254 g/mol. The summed E-state index contributed by atoms with van der Waals surface area (Å²) < 4.78 is 5.41. The molecule has 0 bridgehead atoms. The lowest BCUT2D eigenvalue weighted by atomic mass is 10.3. The van der Waals surface area contributed by atoms with Crippen molar-refractivity contribution < 1.29 is 4.74 Å². The van der Waals surface area contributed by atoms with E-state index >= 15 is 0 Å². The number of unbranched alkanes of at least 4 members (excludes halogenated alkanes) is 1. The van der Waals surface area contributed by atoms with Crippen LogP contribution in [0.4, 0.5) is 11.9 Å². The molecule has 0 unspecified atom stereocenters. The molecule has 0 aliphatic carbocycles. The van der Waals surface area contributed by atoms with Gasteiger partial charge in [-0.25, -0.2) is 5.84 Å². The Balaban J connectivity index is 2.81. The summed E-state index contributed by atoms with van der Waals surface area (Å²) in [6.07, 6.45) is 3.10. The maximum absolute atomic E-state index is 5.41. The van der Waals surface area contributed by atoms with Crippen molar-refractivity contribution in [3.63, 3.8) is 0 Å². The lowest BCUT2D eigenvalue weighted by Crippen LogP contribution is -2.23. The maximum Gasteiger partial charge on any atom is 0.323 e. The summed E-state index contributed by atoms with van der Waals surface area (Å²) in [7, 11) is 1.94. The Kier molecular flexibility index (Phi) is 6.13. The fourth-order valence-electron chi connectivity index (χ4n) is 1.33. The molecule has 0 fully saturated rings. The van der Waals surface area contributed by atoms with Crippen molar-refractivity contribution >= 4 is 11.9 Å². The van der Waals surface area contributed by atoms with Gasteiger partial charge in [0, 0.05) is 13.6 Å². The molecule has 0 saturated carbocycles. The van der Waals surface area contributed by atoms with Gasteiger partial charge in [-0.1, -0.05) is 20.3 Å². The average Bonchev–Trinajstić information content (AvgIpc) is 2.41. The molecule has 1 heterocycles. The minimum Gasteiger partial charge on any atom is -0.463 e. The van der Waals surface area contributed by atoms with Gasteiger partial charge in [-0.2, -0.15) is 15.0 Å². The zero-order chi connectivity index (χ0) is 13.4. The van der Waals surface area contributed by atoms with Crippen LogP contribution in [0, 0.1) is 0 Å². The van der Waals surface area contributed by atoms with E-state index < -0.39 is 0 Å². The second-order valence-electron chi connectivity index (χ2n) is 4.01. The molecule has 1 aromatic rings. The molecule has 0 atom stereocenters. The SMILES string of the molecule is CCCCN(C)c1nc(NN)nc(OCCC)n1. The molecule has 1 aromatic heterocycles. The summed E-state index contributed by atoms with van der Waals surface area (Å²) in [4.78, 5) is 14.5. The largest absolute Gasteiger partial charge is 0.463 e. The Labute approximate surface area is 108 Å². The number of anilines is 2. The highest BCUT2D eigenvalue weighted by Gasteiger charge is 2.10. The van der Waals surface area contributed by atoms with E-state index in [-0.39, 0.29) is 0 Å². The Bertz CT molecular complexity index is 359. The third kappa shape index (κ3) is 4.33. The number of hydrazine groups is 1. The number of ether oxygens (including phenoxy) is 1. The van der Waals surface area contributed by atoms with Crippen LogP contribution in [-0.4, -0.2) is 35.2 Å². The van der Waals surface area contributed by atoms with E-state index in [4.69, 9.17) is 10.6 Å². The number of hydrogen-bond acceptors (Lipinski definition) is 7. The molecule has 18 heavy (non-hydrogen) atoms. The van der Waals surface area contributed by atoms with Crippen molar-refractivity contribution in [3.8, 4) is 6.01 Å². The normalized spacial score (nSPS) is 10.2. The highest BCUT2D eigenvalue weighted by atomic mass is 16.5. The average molecular weight is 254 g/mol. The molecule has 3 N–H and O–H groups in total. The molecule has 0 spiro atoms. The van der Waals surface area contributed by atoms with Gasteiger partial charge in [0.25, 0.3) is 0 Å². The molecule has 0 radical (unpaired) electrons. The van der Waals surface area contributed by atoms with E-state index in [0.717, 1.165) is 25.8 Å². The number of nitrogen functional groups attached to an aromatic ring is 1. The quantitative estimate of drug-likeness (QED) is 0.532. The Morgan fingerprint density at radius 3 is 2.61 bits per heavy atom. The first-order chi connectivity index (χ1) is 8.71. The fraction of sp³-hybridized carbons (Fsp3) is 0.727. The Morgan fingerprint density at radius 1 is 1.22 bits per heavy atom. The number of nitrogens with two attached hydrogens (primary N) is 1. The van der Waals surface area contributed by atoms with E-state index in [2.05, 4.69) is 27.3 Å². The summed E-state index contributed by atoms with van der Waals surface area (Å²) in [5.74, 6) is 6.22. The molecule has 0 amide bonds. The number of rotatable bonds is 8. The minimum absolute atomic E-state index is 0.304. The Hall–Kier alpha value is -1.63. The lowest BCUT2D eigenvalue weighted by molar-refractivity contribution is 0.292. The summed E-state index contributed by atoms with van der Waals surface area (Å²) in [5.41, 5.74) is 2.43. The van der Waals surface area contributed by atoms with Gasteiger partial charge < -0.3 is 9.64 Å². The highest BCUT2D eigenvalue weighted by molar-refractivity contribution is 5.36. The van der Waals surface area contributed by atoms with Crippen LogP contribution in [0.15, 0.2) is 0 Å². The van der Waals surface area contributed by atoms with Crippen LogP contribution >= 0.6 is 0 Å². The summed E-state index contributed by atoms with van der Waals surface area (Å²) >= 11 is 0. The van der Waals surface area contributed by atoms with Crippen molar-refractivity contribution in [1.29, 1.82) is 0 Å². The third-order valence-corrected chi connectivity index (χ3v) is 2.36. The van der Waals surface area contributed by atoms with Crippen molar-refractivity contribution in [2.75, 3.05) is 30.5 Å². The molecule has 7 heteroatoms. The van der Waals surface area contributed by atoms with Gasteiger partial charge in [-0.3, -0.25) is 5.43 Å². The first-order valence-corrected chi connectivity index (χ1v) is 6.27.